The molecule has 0 radical (unpaired) electrons. The normalized spacial score (nSPS) is 23.5. The highest BCUT2D eigenvalue weighted by Crippen LogP contribution is 2.20. The minimum Gasteiger partial charge on any atom is -0.355 e. The van der Waals surface area contributed by atoms with Crippen molar-refractivity contribution in [3.05, 3.63) is 12.3 Å². The van der Waals surface area contributed by atoms with Gasteiger partial charge in [-0.25, -0.2) is 0 Å². The Balaban J connectivity index is 2.08. The fourth-order valence-electron chi connectivity index (χ4n) is 1.97. The van der Waals surface area contributed by atoms with Crippen molar-refractivity contribution in [1.29, 1.82) is 0 Å². The summed E-state index contributed by atoms with van der Waals surface area (Å²) in [6, 6.07) is 2.10. The molecule has 1 saturated heterocycles. The average Bonchev–Trinajstić information content (AvgIpc) is 2.52. The molecule has 13 heavy (non-hydrogen) atoms. The molecule has 1 aliphatic heterocycles. The van der Waals surface area contributed by atoms with Crippen molar-refractivity contribution >= 4 is 5.82 Å². The van der Waals surface area contributed by atoms with Gasteiger partial charge in [-0.3, -0.25) is 4.68 Å². The largest absolute Gasteiger partial charge is 0.355 e. The lowest BCUT2D eigenvalue weighted by Gasteiger charge is -2.30. The third-order valence-electron chi connectivity index (χ3n) is 2.68. The van der Waals surface area contributed by atoms with Crippen LogP contribution in [0.25, 0.3) is 0 Å². The Hall–Kier alpha value is -0.990. The lowest BCUT2D eigenvalue weighted by molar-refractivity contribution is 0.443. The fourth-order valence-corrected chi connectivity index (χ4v) is 1.97. The van der Waals surface area contributed by atoms with Gasteiger partial charge in [0.15, 0.2) is 5.82 Å². The van der Waals surface area contributed by atoms with Gasteiger partial charge in [-0.2, -0.15) is 5.10 Å². The van der Waals surface area contributed by atoms with Crippen LogP contribution < -0.4 is 4.90 Å². The SMILES string of the molecule is CC1CCCN(c2ccn(C)n2)C1. The maximum absolute atomic E-state index is 4.41. The van der Waals surface area contributed by atoms with Crippen LogP contribution in [0.3, 0.4) is 0 Å². The molecule has 1 aromatic heterocycles. The summed E-state index contributed by atoms with van der Waals surface area (Å²) < 4.78 is 1.87. The number of aromatic nitrogens is 2. The number of hydrogen-bond acceptors (Lipinski definition) is 2. The highest BCUT2D eigenvalue weighted by Gasteiger charge is 2.17. The third kappa shape index (κ3) is 1.85. The number of anilines is 1. The van der Waals surface area contributed by atoms with E-state index in [-0.39, 0.29) is 0 Å². The molecule has 0 saturated carbocycles. The molecule has 1 unspecified atom stereocenters. The van der Waals surface area contributed by atoms with Gasteiger partial charge in [-0.15, -0.1) is 0 Å². The minimum absolute atomic E-state index is 0.816. The molecule has 0 bridgehead atoms. The lowest BCUT2D eigenvalue weighted by atomic mass is 10.0. The van der Waals surface area contributed by atoms with Crippen LogP contribution in [-0.2, 0) is 7.05 Å². The van der Waals surface area contributed by atoms with E-state index >= 15 is 0 Å². The Bertz CT molecular complexity index is 279. The van der Waals surface area contributed by atoms with Gasteiger partial charge in [-0.05, 0) is 18.8 Å². The van der Waals surface area contributed by atoms with Gasteiger partial charge in [0.05, 0.1) is 0 Å². The van der Waals surface area contributed by atoms with E-state index < -0.39 is 0 Å². The van der Waals surface area contributed by atoms with Crippen LogP contribution in [-0.4, -0.2) is 22.9 Å². The number of piperidine rings is 1. The van der Waals surface area contributed by atoms with Gasteiger partial charge < -0.3 is 4.90 Å². The summed E-state index contributed by atoms with van der Waals surface area (Å²) in [5.41, 5.74) is 0. The second-order valence-corrected chi connectivity index (χ2v) is 4.04. The number of hydrogen-bond donors (Lipinski definition) is 0. The van der Waals surface area contributed by atoms with Crippen LogP contribution in [0, 0.1) is 5.92 Å². The molecule has 1 aliphatic rings. The number of nitrogens with zero attached hydrogens (tertiary/aromatic N) is 3. The standard InChI is InChI=1S/C10H17N3/c1-9-4-3-6-13(8-9)10-5-7-12(2)11-10/h5,7,9H,3-4,6,8H2,1-2H3. The Morgan fingerprint density at radius 2 is 2.38 bits per heavy atom. The summed E-state index contributed by atoms with van der Waals surface area (Å²) in [6.07, 6.45) is 4.68. The number of aryl methyl sites for hydroxylation is 1. The first-order chi connectivity index (χ1) is 6.25. The first kappa shape index (κ1) is 8.60. The Morgan fingerprint density at radius 1 is 1.54 bits per heavy atom. The monoisotopic (exact) mass is 179 g/mol. The Kier molecular flexibility index (Phi) is 2.25. The van der Waals surface area contributed by atoms with Crippen LogP contribution in [0.4, 0.5) is 5.82 Å². The summed E-state index contributed by atoms with van der Waals surface area (Å²) in [4.78, 5) is 2.38. The summed E-state index contributed by atoms with van der Waals surface area (Å²) in [5, 5.41) is 4.41. The van der Waals surface area contributed by atoms with Gasteiger partial charge in [0.1, 0.15) is 0 Å². The second kappa shape index (κ2) is 3.40. The van der Waals surface area contributed by atoms with E-state index in [0.717, 1.165) is 18.3 Å². The first-order valence-corrected chi connectivity index (χ1v) is 5.00. The molecule has 3 nitrogen and oxygen atoms in total. The maximum atomic E-state index is 4.41. The van der Waals surface area contributed by atoms with Crippen molar-refractivity contribution in [3.63, 3.8) is 0 Å². The molecule has 1 atom stereocenters. The summed E-state index contributed by atoms with van der Waals surface area (Å²) in [5.74, 6) is 1.95. The van der Waals surface area contributed by atoms with Crippen LogP contribution in [0.5, 0.6) is 0 Å². The molecule has 0 spiro atoms. The Labute approximate surface area is 79.3 Å². The van der Waals surface area contributed by atoms with Crippen molar-refractivity contribution in [2.24, 2.45) is 13.0 Å². The van der Waals surface area contributed by atoms with E-state index in [1.165, 1.54) is 19.4 Å². The molecule has 1 aromatic rings. The van der Waals surface area contributed by atoms with Crippen LogP contribution in [0.15, 0.2) is 12.3 Å². The molecular weight excluding hydrogens is 162 g/mol. The van der Waals surface area contributed by atoms with E-state index in [4.69, 9.17) is 0 Å². The van der Waals surface area contributed by atoms with E-state index in [1.807, 2.05) is 17.9 Å². The van der Waals surface area contributed by atoms with Gasteiger partial charge in [-0.1, -0.05) is 6.92 Å². The zero-order valence-electron chi connectivity index (χ0n) is 8.40. The summed E-state index contributed by atoms with van der Waals surface area (Å²) in [6.45, 7) is 4.65. The molecular formula is C10H17N3. The van der Waals surface area contributed by atoms with E-state index in [9.17, 15) is 0 Å². The summed E-state index contributed by atoms with van der Waals surface area (Å²) in [7, 11) is 1.97. The second-order valence-electron chi connectivity index (χ2n) is 4.04. The van der Waals surface area contributed by atoms with Crippen molar-refractivity contribution < 1.29 is 0 Å². The van der Waals surface area contributed by atoms with Crippen LogP contribution in [0.2, 0.25) is 0 Å². The van der Waals surface area contributed by atoms with Gasteiger partial charge in [0.2, 0.25) is 0 Å². The highest BCUT2D eigenvalue weighted by molar-refractivity contribution is 5.37. The van der Waals surface area contributed by atoms with Crippen molar-refractivity contribution in [2.45, 2.75) is 19.8 Å². The lowest BCUT2D eigenvalue weighted by Crippen LogP contribution is -2.34. The average molecular weight is 179 g/mol. The quantitative estimate of drug-likeness (QED) is 0.653. The molecule has 1 fully saturated rings. The molecule has 2 heterocycles. The zero-order valence-corrected chi connectivity index (χ0v) is 8.40. The molecule has 72 valence electrons. The molecule has 0 amide bonds. The van der Waals surface area contributed by atoms with Gasteiger partial charge in [0, 0.05) is 32.4 Å². The van der Waals surface area contributed by atoms with Crippen molar-refractivity contribution in [1.82, 2.24) is 9.78 Å². The minimum atomic E-state index is 0.816. The van der Waals surface area contributed by atoms with Crippen LogP contribution >= 0.6 is 0 Å². The fraction of sp³-hybridized carbons (Fsp3) is 0.700. The van der Waals surface area contributed by atoms with Crippen LogP contribution in [0.1, 0.15) is 19.8 Å². The van der Waals surface area contributed by atoms with E-state index in [0.29, 0.717) is 0 Å². The highest BCUT2D eigenvalue weighted by atomic mass is 15.3. The Morgan fingerprint density at radius 3 is 3.00 bits per heavy atom. The van der Waals surface area contributed by atoms with E-state index in [1.54, 1.807) is 0 Å². The molecule has 0 N–H and O–H groups in total. The van der Waals surface area contributed by atoms with Gasteiger partial charge >= 0.3 is 0 Å². The number of rotatable bonds is 1. The molecule has 2 rings (SSSR count). The summed E-state index contributed by atoms with van der Waals surface area (Å²) >= 11 is 0. The molecule has 0 aliphatic carbocycles. The van der Waals surface area contributed by atoms with Crippen molar-refractivity contribution in [3.8, 4) is 0 Å². The van der Waals surface area contributed by atoms with Crippen molar-refractivity contribution in [2.75, 3.05) is 18.0 Å². The molecule has 0 aromatic carbocycles. The van der Waals surface area contributed by atoms with Gasteiger partial charge in [0.25, 0.3) is 0 Å². The first-order valence-electron chi connectivity index (χ1n) is 5.00. The zero-order chi connectivity index (χ0) is 9.26. The van der Waals surface area contributed by atoms with E-state index in [2.05, 4.69) is 23.0 Å². The smallest absolute Gasteiger partial charge is 0.150 e. The third-order valence-corrected chi connectivity index (χ3v) is 2.68. The predicted molar refractivity (Wildman–Crippen MR) is 53.8 cm³/mol. The predicted octanol–water partition coefficient (Wildman–Crippen LogP) is 1.66. The molecule has 3 heteroatoms. The topological polar surface area (TPSA) is 21.1 Å². The maximum Gasteiger partial charge on any atom is 0.150 e.